The summed E-state index contributed by atoms with van der Waals surface area (Å²) in [6, 6.07) is 5.75. The van der Waals surface area contributed by atoms with E-state index < -0.39 is 0 Å². The van der Waals surface area contributed by atoms with Crippen LogP contribution in [-0.2, 0) is 7.05 Å². The molecule has 0 radical (unpaired) electrons. The van der Waals surface area contributed by atoms with Crippen molar-refractivity contribution in [3.05, 3.63) is 34.6 Å². The number of hydrogen-bond acceptors (Lipinski definition) is 4. The molecule has 6 heteroatoms. The van der Waals surface area contributed by atoms with Gasteiger partial charge in [0.05, 0.1) is 6.61 Å². The van der Waals surface area contributed by atoms with Crippen LogP contribution >= 0.6 is 23.4 Å². The van der Waals surface area contributed by atoms with E-state index in [9.17, 15) is 0 Å². The lowest BCUT2D eigenvalue weighted by atomic mass is 9.89. The van der Waals surface area contributed by atoms with E-state index >= 15 is 0 Å². The number of hydrogen-bond donors (Lipinski definition) is 0. The quantitative estimate of drug-likeness (QED) is 0.533. The van der Waals surface area contributed by atoms with Gasteiger partial charge in [0.1, 0.15) is 11.6 Å². The summed E-state index contributed by atoms with van der Waals surface area (Å²) in [6.07, 6.45) is 6.48. The first-order valence-corrected chi connectivity index (χ1v) is 9.92. The van der Waals surface area contributed by atoms with Crippen LogP contribution in [0.5, 0.6) is 5.75 Å². The second-order valence-electron chi connectivity index (χ2n) is 6.34. The van der Waals surface area contributed by atoms with Crippen molar-refractivity contribution in [3.63, 3.8) is 0 Å². The molecule has 0 aliphatic heterocycles. The summed E-state index contributed by atoms with van der Waals surface area (Å²) in [6.45, 7) is 2.62. The van der Waals surface area contributed by atoms with E-state index in [1.165, 1.54) is 32.1 Å². The van der Waals surface area contributed by atoms with Gasteiger partial charge in [0.2, 0.25) is 0 Å². The van der Waals surface area contributed by atoms with E-state index in [1.807, 2.05) is 25.1 Å². The molecule has 1 aliphatic rings. The summed E-state index contributed by atoms with van der Waals surface area (Å²) >= 11 is 7.72. The van der Waals surface area contributed by atoms with E-state index in [0.29, 0.717) is 12.5 Å². The SMILES string of the molecule is Cc1cc(OCCSc2nnc(C3CCCCC3)n2C)ccc1Cl. The highest BCUT2D eigenvalue weighted by Crippen LogP contribution is 2.32. The Hall–Kier alpha value is -1.20. The molecule has 2 aromatic rings. The molecule has 1 saturated carbocycles. The highest BCUT2D eigenvalue weighted by molar-refractivity contribution is 7.99. The van der Waals surface area contributed by atoms with Gasteiger partial charge >= 0.3 is 0 Å². The zero-order chi connectivity index (χ0) is 16.9. The number of aryl methyl sites for hydroxylation is 1. The van der Waals surface area contributed by atoms with Crippen LogP contribution < -0.4 is 4.74 Å². The Kier molecular flexibility index (Phi) is 6.06. The summed E-state index contributed by atoms with van der Waals surface area (Å²) in [5.74, 6) is 3.43. The van der Waals surface area contributed by atoms with Crippen molar-refractivity contribution in [2.24, 2.45) is 7.05 Å². The molecular weight excluding hydrogens is 342 g/mol. The van der Waals surface area contributed by atoms with E-state index in [1.54, 1.807) is 11.8 Å². The number of benzene rings is 1. The number of ether oxygens (including phenoxy) is 1. The lowest BCUT2D eigenvalue weighted by Crippen LogP contribution is -2.10. The molecule has 0 N–H and O–H groups in total. The minimum absolute atomic E-state index is 0.582. The molecule has 4 nitrogen and oxygen atoms in total. The maximum atomic E-state index is 6.03. The summed E-state index contributed by atoms with van der Waals surface area (Å²) < 4.78 is 7.95. The summed E-state index contributed by atoms with van der Waals surface area (Å²) in [5.41, 5.74) is 1.03. The third-order valence-electron chi connectivity index (χ3n) is 4.55. The summed E-state index contributed by atoms with van der Waals surface area (Å²) in [7, 11) is 2.08. The Balaban J connectivity index is 1.50. The number of nitrogens with zero attached hydrogens (tertiary/aromatic N) is 3. The molecule has 1 aliphatic carbocycles. The predicted octanol–water partition coefficient (Wildman–Crippen LogP) is 5.00. The molecule has 0 spiro atoms. The van der Waals surface area contributed by atoms with Crippen molar-refractivity contribution in [2.45, 2.75) is 50.1 Å². The van der Waals surface area contributed by atoms with Crippen molar-refractivity contribution in [3.8, 4) is 5.75 Å². The minimum Gasteiger partial charge on any atom is -0.493 e. The van der Waals surface area contributed by atoms with Crippen molar-refractivity contribution in [1.82, 2.24) is 14.8 Å². The largest absolute Gasteiger partial charge is 0.493 e. The fourth-order valence-corrected chi connectivity index (χ4v) is 4.02. The van der Waals surface area contributed by atoms with Crippen molar-refractivity contribution >= 4 is 23.4 Å². The van der Waals surface area contributed by atoms with Crippen LogP contribution in [0.1, 0.15) is 49.4 Å². The minimum atomic E-state index is 0.582. The standard InChI is InChI=1S/C18H24ClN3OS/c1-13-12-15(8-9-16(13)19)23-10-11-24-18-21-20-17(22(18)2)14-6-4-3-5-7-14/h8-9,12,14H,3-7,10-11H2,1-2H3. The number of rotatable bonds is 6. The number of thioether (sulfide) groups is 1. The Morgan fingerprint density at radius 1 is 1.25 bits per heavy atom. The Morgan fingerprint density at radius 3 is 2.79 bits per heavy atom. The van der Waals surface area contributed by atoms with Crippen LogP contribution in [0.4, 0.5) is 0 Å². The maximum Gasteiger partial charge on any atom is 0.191 e. The Bertz CT molecular complexity index is 683. The van der Waals surface area contributed by atoms with E-state index in [2.05, 4.69) is 21.8 Å². The molecule has 0 saturated heterocycles. The van der Waals surface area contributed by atoms with Gasteiger partial charge in [0, 0.05) is 23.7 Å². The van der Waals surface area contributed by atoms with Crippen LogP contribution in [0.15, 0.2) is 23.4 Å². The van der Waals surface area contributed by atoms with Crippen molar-refractivity contribution in [2.75, 3.05) is 12.4 Å². The molecule has 1 heterocycles. The van der Waals surface area contributed by atoms with E-state index in [0.717, 1.165) is 33.1 Å². The smallest absolute Gasteiger partial charge is 0.191 e. The average molecular weight is 366 g/mol. The molecule has 0 atom stereocenters. The molecular formula is C18H24ClN3OS. The first kappa shape index (κ1) is 17.6. The second-order valence-corrected chi connectivity index (χ2v) is 7.81. The van der Waals surface area contributed by atoms with Gasteiger partial charge < -0.3 is 9.30 Å². The molecule has 3 rings (SSSR count). The monoisotopic (exact) mass is 365 g/mol. The number of halogens is 1. The van der Waals surface area contributed by atoms with Gasteiger partial charge in [-0.15, -0.1) is 10.2 Å². The molecule has 1 fully saturated rings. The maximum absolute atomic E-state index is 6.03. The second kappa shape index (κ2) is 8.26. The van der Waals surface area contributed by atoms with Crippen molar-refractivity contribution in [1.29, 1.82) is 0 Å². The molecule has 130 valence electrons. The van der Waals surface area contributed by atoms with Gasteiger partial charge in [-0.2, -0.15) is 0 Å². The normalized spacial score (nSPS) is 15.6. The molecule has 24 heavy (non-hydrogen) atoms. The van der Waals surface area contributed by atoms with Gasteiger partial charge in [-0.3, -0.25) is 0 Å². The lowest BCUT2D eigenvalue weighted by molar-refractivity contribution is 0.343. The first-order valence-electron chi connectivity index (χ1n) is 8.56. The third-order valence-corrected chi connectivity index (χ3v) is 5.96. The highest BCUT2D eigenvalue weighted by Gasteiger charge is 2.21. The first-order chi connectivity index (χ1) is 11.6. The average Bonchev–Trinajstić information content (AvgIpc) is 2.96. The predicted molar refractivity (Wildman–Crippen MR) is 99.2 cm³/mol. The van der Waals surface area contributed by atoms with Gasteiger partial charge in [0.25, 0.3) is 0 Å². The fourth-order valence-electron chi connectivity index (χ4n) is 3.17. The highest BCUT2D eigenvalue weighted by atomic mass is 35.5. The van der Waals surface area contributed by atoms with Crippen LogP contribution in [0, 0.1) is 6.92 Å². The molecule has 1 aromatic heterocycles. The zero-order valence-electron chi connectivity index (χ0n) is 14.3. The van der Waals surface area contributed by atoms with E-state index in [4.69, 9.17) is 16.3 Å². The summed E-state index contributed by atoms with van der Waals surface area (Å²) in [5, 5.41) is 10.5. The van der Waals surface area contributed by atoms with Gasteiger partial charge in [-0.1, -0.05) is 42.6 Å². The number of aromatic nitrogens is 3. The van der Waals surface area contributed by atoms with Crippen LogP contribution in [0.25, 0.3) is 0 Å². The van der Waals surface area contributed by atoms with Crippen molar-refractivity contribution < 1.29 is 4.74 Å². The van der Waals surface area contributed by atoms with E-state index in [-0.39, 0.29) is 0 Å². The summed E-state index contributed by atoms with van der Waals surface area (Å²) in [4.78, 5) is 0. The lowest BCUT2D eigenvalue weighted by Gasteiger charge is -2.20. The molecule has 0 unspecified atom stereocenters. The molecule has 1 aromatic carbocycles. The third kappa shape index (κ3) is 4.25. The van der Waals surface area contributed by atoms with Crippen LogP contribution in [0.2, 0.25) is 5.02 Å². The van der Waals surface area contributed by atoms with Gasteiger partial charge in [0.15, 0.2) is 5.16 Å². The molecule has 0 bridgehead atoms. The van der Waals surface area contributed by atoms with Gasteiger partial charge in [-0.25, -0.2) is 0 Å². The van der Waals surface area contributed by atoms with Crippen LogP contribution in [0.3, 0.4) is 0 Å². The fraction of sp³-hybridized carbons (Fsp3) is 0.556. The van der Waals surface area contributed by atoms with Gasteiger partial charge in [-0.05, 0) is 43.5 Å². The van der Waals surface area contributed by atoms with Crippen LogP contribution in [-0.4, -0.2) is 27.1 Å². The Morgan fingerprint density at radius 2 is 2.04 bits per heavy atom. The topological polar surface area (TPSA) is 39.9 Å². The molecule has 0 amide bonds. The zero-order valence-corrected chi connectivity index (χ0v) is 15.9. The Labute approximate surface area is 152 Å².